The predicted molar refractivity (Wildman–Crippen MR) is 70.0 cm³/mol. The van der Waals surface area contributed by atoms with Crippen LogP contribution in [0.25, 0.3) is 5.65 Å². The Morgan fingerprint density at radius 1 is 1.28 bits per heavy atom. The SMILES string of the molecule is Brc1cccc(CNc2cncc3nnnn23)c1. The zero-order valence-corrected chi connectivity index (χ0v) is 10.9. The Morgan fingerprint density at radius 3 is 3.11 bits per heavy atom. The van der Waals surface area contributed by atoms with E-state index in [2.05, 4.69) is 47.8 Å². The highest BCUT2D eigenvalue weighted by Gasteiger charge is 2.03. The molecule has 0 spiro atoms. The van der Waals surface area contributed by atoms with Crippen molar-refractivity contribution in [2.45, 2.75) is 6.54 Å². The smallest absolute Gasteiger partial charge is 0.199 e. The summed E-state index contributed by atoms with van der Waals surface area (Å²) in [5.74, 6) is 0.762. The van der Waals surface area contributed by atoms with Crippen LogP contribution in [0.15, 0.2) is 41.1 Å². The normalized spacial score (nSPS) is 10.7. The van der Waals surface area contributed by atoms with Gasteiger partial charge >= 0.3 is 0 Å². The minimum absolute atomic E-state index is 0.620. The molecule has 0 saturated heterocycles. The van der Waals surface area contributed by atoms with Crippen molar-refractivity contribution in [3.8, 4) is 0 Å². The van der Waals surface area contributed by atoms with Crippen LogP contribution in [0, 0.1) is 0 Å². The van der Waals surface area contributed by atoms with Gasteiger partial charge < -0.3 is 5.32 Å². The summed E-state index contributed by atoms with van der Waals surface area (Å²) in [6.45, 7) is 0.681. The average molecular weight is 305 g/mol. The maximum Gasteiger partial charge on any atom is 0.199 e. The number of nitrogens with zero attached hydrogens (tertiary/aromatic N) is 5. The van der Waals surface area contributed by atoms with Gasteiger partial charge in [-0.1, -0.05) is 28.1 Å². The molecule has 0 atom stereocenters. The largest absolute Gasteiger partial charge is 0.365 e. The van der Waals surface area contributed by atoms with Crippen molar-refractivity contribution in [1.82, 2.24) is 25.0 Å². The Balaban J connectivity index is 1.83. The molecule has 18 heavy (non-hydrogen) atoms. The summed E-state index contributed by atoms with van der Waals surface area (Å²) in [7, 11) is 0. The van der Waals surface area contributed by atoms with Crippen molar-refractivity contribution in [3.05, 3.63) is 46.7 Å². The minimum atomic E-state index is 0.620. The lowest BCUT2D eigenvalue weighted by Crippen LogP contribution is -2.05. The van der Waals surface area contributed by atoms with Crippen LogP contribution in [-0.2, 0) is 6.54 Å². The first kappa shape index (κ1) is 11.1. The van der Waals surface area contributed by atoms with Crippen molar-refractivity contribution in [1.29, 1.82) is 0 Å². The van der Waals surface area contributed by atoms with Crippen molar-refractivity contribution >= 4 is 27.4 Å². The first-order chi connectivity index (χ1) is 8.83. The van der Waals surface area contributed by atoms with E-state index in [1.807, 2.05) is 18.2 Å². The summed E-state index contributed by atoms with van der Waals surface area (Å²) in [6, 6.07) is 8.09. The fraction of sp³-hybridized carbons (Fsp3) is 0.0909. The van der Waals surface area contributed by atoms with Crippen LogP contribution in [0.2, 0.25) is 0 Å². The van der Waals surface area contributed by atoms with E-state index in [0.29, 0.717) is 12.2 Å². The summed E-state index contributed by atoms with van der Waals surface area (Å²) >= 11 is 3.44. The predicted octanol–water partition coefficient (Wildman–Crippen LogP) is 1.89. The quantitative estimate of drug-likeness (QED) is 0.800. The Morgan fingerprint density at radius 2 is 2.22 bits per heavy atom. The molecule has 1 N–H and O–H groups in total. The fourth-order valence-corrected chi connectivity index (χ4v) is 2.08. The highest BCUT2D eigenvalue weighted by Crippen LogP contribution is 2.13. The van der Waals surface area contributed by atoms with E-state index in [-0.39, 0.29) is 0 Å². The first-order valence-corrected chi connectivity index (χ1v) is 6.13. The van der Waals surface area contributed by atoms with E-state index in [9.17, 15) is 0 Å². The monoisotopic (exact) mass is 304 g/mol. The molecule has 0 aliphatic rings. The Kier molecular flexibility index (Phi) is 2.89. The summed E-state index contributed by atoms with van der Waals surface area (Å²) in [6.07, 6.45) is 3.31. The molecule has 7 heteroatoms. The molecular formula is C11H9BrN6. The van der Waals surface area contributed by atoms with Crippen LogP contribution in [0.4, 0.5) is 5.82 Å². The molecule has 2 aromatic heterocycles. The van der Waals surface area contributed by atoms with E-state index < -0.39 is 0 Å². The van der Waals surface area contributed by atoms with Crippen LogP contribution < -0.4 is 5.32 Å². The molecule has 0 bridgehead atoms. The van der Waals surface area contributed by atoms with Crippen LogP contribution in [-0.4, -0.2) is 25.0 Å². The van der Waals surface area contributed by atoms with Crippen molar-refractivity contribution in [2.24, 2.45) is 0 Å². The molecule has 2 heterocycles. The molecule has 0 amide bonds. The molecule has 0 aliphatic heterocycles. The summed E-state index contributed by atoms with van der Waals surface area (Å²) in [5, 5.41) is 14.6. The molecule has 90 valence electrons. The average Bonchev–Trinajstić information content (AvgIpc) is 2.85. The minimum Gasteiger partial charge on any atom is -0.365 e. The highest BCUT2D eigenvalue weighted by atomic mass is 79.9. The number of benzene rings is 1. The second-order valence-corrected chi connectivity index (χ2v) is 4.64. The topological polar surface area (TPSA) is 68.0 Å². The molecule has 3 rings (SSSR count). The second kappa shape index (κ2) is 4.69. The zero-order valence-electron chi connectivity index (χ0n) is 9.29. The number of aromatic nitrogens is 5. The van der Waals surface area contributed by atoms with Gasteiger partial charge in [0.1, 0.15) is 0 Å². The maximum absolute atomic E-state index is 4.08. The fourth-order valence-electron chi connectivity index (χ4n) is 1.64. The molecule has 0 saturated carbocycles. The number of rotatable bonds is 3. The van der Waals surface area contributed by atoms with Crippen molar-refractivity contribution in [2.75, 3.05) is 5.32 Å². The first-order valence-electron chi connectivity index (χ1n) is 5.33. The van der Waals surface area contributed by atoms with E-state index in [0.717, 1.165) is 15.9 Å². The lowest BCUT2D eigenvalue weighted by Gasteiger charge is -2.07. The van der Waals surface area contributed by atoms with E-state index >= 15 is 0 Å². The molecule has 0 radical (unpaired) electrons. The van der Waals surface area contributed by atoms with Gasteiger partial charge in [-0.15, -0.1) is 5.10 Å². The standard InChI is InChI=1S/C11H9BrN6/c12-9-3-1-2-8(4-9)5-14-10-6-13-7-11-15-16-17-18(10)11/h1-4,6-7,14H,5H2. The van der Waals surface area contributed by atoms with Gasteiger partial charge in [0.25, 0.3) is 0 Å². The number of tetrazole rings is 1. The van der Waals surface area contributed by atoms with Gasteiger partial charge in [0.2, 0.25) is 0 Å². The van der Waals surface area contributed by atoms with Gasteiger partial charge in [0, 0.05) is 11.0 Å². The number of hydrogen-bond donors (Lipinski definition) is 1. The Bertz CT molecular complexity index is 680. The third kappa shape index (κ3) is 2.17. The van der Waals surface area contributed by atoms with Gasteiger partial charge in [-0.25, -0.2) is 0 Å². The van der Waals surface area contributed by atoms with Crippen molar-refractivity contribution in [3.63, 3.8) is 0 Å². The maximum atomic E-state index is 4.08. The van der Waals surface area contributed by atoms with Gasteiger partial charge in [-0.3, -0.25) is 4.98 Å². The van der Waals surface area contributed by atoms with Crippen molar-refractivity contribution < 1.29 is 0 Å². The second-order valence-electron chi connectivity index (χ2n) is 3.72. The van der Waals surface area contributed by atoms with E-state index in [4.69, 9.17) is 0 Å². The number of hydrogen-bond acceptors (Lipinski definition) is 5. The Hall–Kier alpha value is -2.02. The summed E-state index contributed by atoms with van der Waals surface area (Å²) in [4.78, 5) is 4.08. The van der Waals surface area contributed by atoms with Crippen LogP contribution in [0.5, 0.6) is 0 Å². The molecule has 0 unspecified atom stereocenters. The molecule has 0 aliphatic carbocycles. The molecule has 3 aromatic rings. The number of nitrogens with one attached hydrogen (secondary N) is 1. The number of anilines is 1. The zero-order chi connectivity index (χ0) is 12.4. The number of fused-ring (bicyclic) bond motifs is 1. The van der Waals surface area contributed by atoms with Crippen LogP contribution >= 0.6 is 15.9 Å². The van der Waals surface area contributed by atoms with Gasteiger partial charge in [0.15, 0.2) is 11.5 Å². The lowest BCUT2D eigenvalue weighted by atomic mass is 10.2. The highest BCUT2D eigenvalue weighted by molar-refractivity contribution is 9.10. The van der Waals surface area contributed by atoms with E-state index in [1.54, 1.807) is 16.9 Å². The van der Waals surface area contributed by atoms with Gasteiger partial charge in [-0.2, -0.15) is 4.52 Å². The molecular weight excluding hydrogens is 296 g/mol. The molecule has 6 nitrogen and oxygen atoms in total. The Labute approximate surface area is 111 Å². The lowest BCUT2D eigenvalue weighted by molar-refractivity contribution is 0.819. The summed E-state index contributed by atoms with van der Waals surface area (Å²) < 4.78 is 2.67. The number of halogens is 1. The third-order valence-electron chi connectivity index (χ3n) is 2.47. The third-order valence-corrected chi connectivity index (χ3v) is 2.96. The summed E-state index contributed by atoms with van der Waals surface area (Å²) in [5.41, 5.74) is 1.78. The molecule has 0 fully saturated rings. The van der Waals surface area contributed by atoms with E-state index in [1.165, 1.54) is 0 Å². The van der Waals surface area contributed by atoms with Gasteiger partial charge in [0.05, 0.1) is 12.4 Å². The van der Waals surface area contributed by atoms with Crippen LogP contribution in [0.1, 0.15) is 5.56 Å². The van der Waals surface area contributed by atoms with Crippen LogP contribution in [0.3, 0.4) is 0 Å². The molecule has 1 aromatic carbocycles. The van der Waals surface area contributed by atoms with Gasteiger partial charge in [-0.05, 0) is 28.1 Å².